The molecule has 33 heavy (non-hydrogen) atoms. The number of hydrogen-bond donors (Lipinski definition) is 1. The van der Waals surface area contributed by atoms with Crippen LogP contribution in [0.3, 0.4) is 0 Å². The van der Waals surface area contributed by atoms with Gasteiger partial charge in [0.1, 0.15) is 0 Å². The standard InChI is InChI=1S/C24H25ClN2O6/c1-30-19-12-16(24(29)27-8-4-3-5-9-27)18(13-20(19)31-2)26-22(28)7-6-15-10-17(25)23-21(11-15)32-14-33-23/h6-7,10-13H,3-5,8-9,14H2,1-2H3,(H,26,28)/b7-6+. The minimum absolute atomic E-state index is 0.107. The summed E-state index contributed by atoms with van der Waals surface area (Å²) in [6.07, 6.45) is 5.99. The van der Waals surface area contributed by atoms with Gasteiger partial charge >= 0.3 is 0 Å². The normalized spacial score (nSPS) is 14.9. The first-order chi connectivity index (χ1) is 16.0. The van der Waals surface area contributed by atoms with Crippen LogP contribution in [0.15, 0.2) is 30.3 Å². The molecule has 0 atom stereocenters. The lowest BCUT2D eigenvalue weighted by Crippen LogP contribution is -2.36. The molecule has 4 rings (SSSR count). The molecular formula is C24H25ClN2O6. The molecule has 0 spiro atoms. The number of benzene rings is 2. The molecule has 2 heterocycles. The second-order valence-corrected chi connectivity index (χ2v) is 8.07. The molecule has 8 nitrogen and oxygen atoms in total. The number of likely N-dealkylation sites (tertiary alicyclic amines) is 1. The fraction of sp³-hybridized carbons (Fsp3) is 0.333. The van der Waals surface area contributed by atoms with Crippen LogP contribution in [0.1, 0.15) is 35.2 Å². The van der Waals surface area contributed by atoms with E-state index in [-0.39, 0.29) is 12.7 Å². The number of nitrogens with one attached hydrogen (secondary N) is 1. The Balaban J connectivity index is 1.58. The SMILES string of the molecule is COc1cc(NC(=O)/C=C/c2cc(Cl)c3c(c2)OCO3)c(C(=O)N2CCCCC2)cc1OC. The van der Waals surface area contributed by atoms with E-state index in [1.807, 2.05) is 0 Å². The van der Waals surface area contributed by atoms with Crippen LogP contribution >= 0.6 is 11.6 Å². The Morgan fingerprint density at radius 1 is 1.03 bits per heavy atom. The molecule has 9 heteroatoms. The van der Waals surface area contributed by atoms with Crippen LogP contribution in [0.2, 0.25) is 5.02 Å². The summed E-state index contributed by atoms with van der Waals surface area (Å²) in [5, 5.41) is 3.20. The maximum Gasteiger partial charge on any atom is 0.256 e. The second-order valence-electron chi connectivity index (χ2n) is 7.66. The summed E-state index contributed by atoms with van der Waals surface area (Å²) in [4.78, 5) is 27.7. The highest BCUT2D eigenvalue weighted by atomic mass is 35.5. The lowest BCUT2D eigenvalue weighted by atomic mass is 10.1. The minimum atomic E-state index is -0.413. The Kier molecular flexibility index (Phi) is 6.93. The van der Waals surface area contributed by atoms with E-state index in [0.717, 1.165) is 19.3 Å². The fourth-order valence-corrected chi connectivity index (χ4v) is 4.13. The van der Waals surface area contributed by atoms with E-state index >= 15 is 0 Å². The van der Waals surface area contributed by atoms with Crippen LogP contribution in [-0.2, 0) is 4.79 Å². The Morgan fingerprint density at radius 3 is 2.48 bits per heavy atom. The smallest absolute Gasteiger partial charge is 0.256 e. The second kappa shape index (κ2) is 10.0. The molecule has 174 valence electrons. The van der Waals surface area contributed by atoms with Crippen LogP contribution in [0.25, 0.3) is 6.08 Å². The first kappa shape index (κ1) is 22.8. The summed E-state index contributed by atoms with van der Waals surface area (Å²) < 4.78 is 21.4. The summed E-state index contributed by atoms with van der Waals surface area (Å²) in [6.45, 7) is 1.48. The zero-order valence-corrected chi connectivity index (χ0v) is 19.2. The van der Waals surface area contributed by atoms with Gasteiger partial charge in [-0.1, -0.05) is 11.6 Å². The fourth-order valence-electron chi connectivity index (χ4n) is 3.86. The van der Waals surface area contributed by atoms with Gasteiger partial charge in [0.15, 0.2) is 23.0 Å². The van der Waals surface area contributed by atoms with Gasteiger partial charge < -0.3 is 29.2 Å². The maximum absolute atomic E-state index is 13.2. The Labute approximate surface area is 197 Å². The van der Waals surface area contributed by atoms with E-state index in [9.17, 15) is 9.59 Å². The summed E-state index contributed by atoms with van der Waals surface area (Å²) >= 11 is 6.20. The topological polar surface area (TPSA) is 86.3 Å². The molecule has 1 N–H and O–H groups in total. The number of carbonyl (C=O) groups excluding carboxylic acids is 2. The first-order valence-corrected chi connectivity index (χ1v) is 11.0. The van der Waals surface area contributed by atoms with Gasteiger partial charge in [0.2, 0.25) is 12.7 Å². The van der Waals surface area contributed by atoms with Crippen LogP contribution in [0.4, 0.5) is 5.69 Å². The number of ether oxygens (including phenoxy) is 4. The molecule has 0 bridgehead atoms. The lowest BCUT2D eigenvalue weighted by molar-refractivity contribution is -0.111. The highest BCUT2D eigenvalue weighted by Crippen LogP contribution is 2.40. The van der Waals surface area contributed by atoms with Gasteiger partial charge in [-0.15, -0.1) is 0 Å². The molecule has 1 fully saturated rings. The van der Waals surface area contributed by atoms with E-state index in [2.05, 4.69) is 5.32 Å². The van der Waals surface area contributed by atoms with Gasteiger partial charge in [0, 0.05) is 25.2 Å². The summed E-state index contributed by atoms with van der Waals surface area (Å²) in [5.41, 5.74) is 1.38. The van der Waals surface area contributed by atoms with E-state index < -0.39 is 5.91 Å². The first-order valence-electron chi connectivity index (χ1n) is 10.6. The molecule has 2 aromatic rings. The number of fused-ring (bicyclic) bond motifs is 1. The van der Waals surface area contributed by atoms with Crippen molar-refractivity contribution >= 4 is 35.2 Å². The lowest BCUT2D eigenvalue weighted by Gasteiger charge is -2.28. The number of halogens is 1. The van der Waals surface area contributed by atoms with E-state index in [4.69, 9.17) is 30.5 Å². The molecule has 1 saturated heterocycles. The molecule has 2 amide bonds. The zero-order chi connectivity index (χ0) is 23.4. The maximum atomic E-state index is 13.2. The summed E-state index contributed by atoms with van der Waals surface area (Å²) in [6, 6.07) is 6.62. The Hall–Kier alpha value is -3.39. The van der Waals surface area contributed by atoms with Gasteiger partial charge in [-0.25, -0.2) is 0 Å². The predicted octanol–water partition coefficient (Wildman–Crippen LogP) is 4.36. The number of carbonyl (C=O) groups is 2. The van der Waals surface area contributed by atoms with Gasteiger partial charge in [-0.2, -0.15) is 0 Å². The molecule has 0 saturated carbocycles. The van der Waals surface area contributed by atoms with Gasteiger partial charge in [0.05, 0.1) is 30.5 Å². The number of piperidine rings is 1. The van der Waals surface area contributed by atoms with Crippen molar-refractivity contribution < 1.29 is 28.5 Å². The molecule has 0 aliphatic carbocycles. The van der Waals surface area contributed by atoms with Crippen molar-refractivity contribution in [3.63, 3.8) is 0 Å². The number of anilines is 1. The van der Waals surface area contributed by atoms with Crippen molar-refractivity contribution in [2.75, 3.05) is 39.4 Å². The van der Waals surface area contributed by atoms with E-state index in [1.54, 1.807) is 35.2 Å². The predicted molar refractivity (Wildman–Crippen MR) is 125 cm³/mol. The van der Waals surface area contributed by atoms with Crippen LogP contribution in [0, 0.1) is 0 Å². The van der Waals surface area contributed by atoms with E-state index in [1.165, 1.54) is 20.3 Å². The molecule has 0 unspecified atom stereocenters. The zero-order valence-electron chi connectivity index (χ0n) is 18.5. The number of hydrogen-bond acceptors (Lipinski definition) is 6. The molecular weight excluding hydrogens is 448 g/mol. The van der Waals surface area contributed by atoms with Crippen LogP contribution in [-0.4, -0.2) is 50.8 Å². The third-order valence-electron chi connectivity index (χ3n) is 5.53. The van der Waals surface area contributed by atoms with Crippen molar-refractivity contribution in [2.45, 2.75) is 19.3 Å². The highest BCUT2D eigenvalue weighted by Gasteiger charge is 2.24. The van der Waals surface area contributed by atoms with Crippen LogP contribution < -0.4 is 24.3 Å². The molecule has 2 aliphatic rings. The molecule has 0 radical (unpaired) electrons. The monoisotopic (exact) mass is 472 g/mol. The third-order valence-corrected chi connectivity index (χ3v) is 5.81. The van der Waals surface area contributed by atoms with Gasteiger partial charge in [-0.3, -0.25) is 9.59 Å². The summed E-state index contributed by atoms with van der Waals surface area (Å²) in [5.74, 6) is 1.28. The molecule has 2 aromatic carbocycles. The Morgan fingerprint density at radius 2 is 1.76 bits per heavy atom. The third kappa shape index (κ3) is 5.01. The Bertz CT molecular complexity index is 1090. The van der Waals surface area contributed by atoms with Crippen molar-refractivity contribution in [2.24, 2.45) is 0 Å². The van der Waals surface area contributed by atoms with Crippen molar-refractivity contribution in [3.05, 3.63) is 46.5 Å². The summed E-state index contributed by atoms with van der Waals surface area (Å²) in [7, 11) is 3.00. The highest BCUT2D eigenvalue weighted by molar-refractivity contribution is 6.32. The minimum Gasteiger partial charge on any atom is -0.493 e. The van der Waals surface area contributed by atoms with E-state index in [0.29, 0.717) is 57.9 Å². The molecule has 2 aliphatic heterocycles. The van der Waals surface area contributed by atoms with Gasteiger partial charge in [-0.05, 0) is 49.1 Å². The van der Waals surface area contributed by atoms with Crippen molar-refractivity contribution in [1.82, 2.24) is 4.90 Å². The quantitative estimate of drug-likeness (QED) is 0.628. The van der Waals surface area contributed by atoms with Crippen LogP contribution in [0.5, 0.6) is 23.0 Å². The largest absolute Gasteiger partial charge is 0.493 e. The number of amides is 2. The van der Waals surface area contributed by atoms with Crippen molar-refractivity contribution in [3.8, 4) is 23.0 Å². The number of methoxy groups -OCH3 is 2. The average Bonchev–Trinajstić information content (AvgIpc) is 3.32. The number of rotatable bonds is 6. The molecule has 0 aromatic heterocycles. The van der Waals surface area contributed by atoms with Gasteiger partial charge in [0.25, 0.3) is 5.91 Å². The number of nitrogens with zero attached hydrogens (tertiary/aromatic N) is 1. The average molecular weight is 473 g/mol. The van der Waals surface area contributed by atoms with Crippen molar-refractivity contribution in [1.29, 1.82) is 0 Å².